The van der Waals surface area contributed by atoms with Gasteiger partial charge >= 0.3 is 13.3 Å². The van der Waals surface area contributed by atoms with Crippen LogP contribution in [0.15, 0.2) is 54.6 Å². The van der Waals surface area contributed by atoms with Gasteiger partial charge in [-0.2, -0.15) is 0 Å². The number of hydrogen-bond acceptors (Lipinski definition) is 4. The summed E-state index contributed by atoms with van der Waals surface area (Å²) in [7, 11) is -3.85. The third-order valence-electron chi connectivity index (χ3n) is 3.26. The van der Waals surface area contributed by atoms with Crippen LogP contribution in [0, 0.1) is 0 Å². The summed E-state index contributed by atoms with van der Waals surface area (Å²) in [4.78, 5) is 12.3. The number of ether oxygens (including phenoxy) is 1. The molecule has 2 aromatic rings. The van der Waals surface area contributed by atoms with Crippen LogP contribution < -0.4 is 9.83 Å². The molecule has 23 heavy (non-hydrogen) atoms. The molecule has 0 saturated heterocycles. The Bertz CT molecular complexity index is 789. The normalized spacial score (nSPS) is 24.1. The quantitative estimate of drug-likeness (QED) is 0.407. The summed E-state index contributed by atoms with van der Waals surface area (Å²) in [5.74, 6) is -2.20. The van der Waals surface area contributed by atoms with E-state index in [1.165, 1.54) is 12.1 Å². The molecule has 0 radical (unpaired) electrons. The van der Waals surface area contributed by atoms with Crippen molar-refractivity contribution < 1.29 is 18.6 Å². The van der Waals surface area contributed by atoms with E-state index in [-0.39, 0.29) is 11.3 Å². The Morgan fingerprint density at radius 1 is 0.957 bits per heavy atom. The Labute approximate surface area is 147 Å². The molecule has 120 valence electrons. The van der Waals surface area contributed by atoms with Crippen molar-refractivity contribution in [1.29, 1.82) is 0 Å². The number of carbonyl (C=O) groups is 1. The Morgan fingerprint density at radius 3 is 2.22 bits per heavy atom. The van der Waals surface area contributed by atoms with Crippen LogP contribution in [0.4, 0.5) is 0 Å². The first-order valence-corrected chi connectivity index (χ1v) is 9.37. The van der Waals surface area contributed by atoms with Gasteiger partial charge in [0.2, 0.25) is 9.64 Å². The molecule has 0 saturated carbocycles. The lowest BCUT2D eigenvalue weighted by atomic mass is 10.2. The maximum absolute atomic E-state index is 13.6. The van der Waals surface area contributed by atoms with E-state index in [4.69, 9.17) is 44.1 Å². The van der Waals surface area contributed by atoms with E-state index in [0.29, 0.717) is 5.30 Å². The van der Waals surface area contributed by atoms with Gasteiger partial charge in [-0.3, -0.25) is 4.57 Å². The molecule has 2 aromatic carbocycles. The third-order valence-corrected chi connectivity index (χ3v) is 6.91. The minimum Gasteiger partial charge on any atom is -0.442 e. The molecule has 0 spiro atoms. The minimum atomic E-state index is -3.85. The Kier molecular flexibility index (Phi) is 4.37. The molecule has 0 aliphatic carbocycles. The fourth-order valence-corrected chi connectivity index (χ4v) is 5.65. The number of esters is 1. The summed E-state index contributed by atoms with van der Waals surface area (Å²) in [5.41, 5.74) is 0.125. The van der Waals surface area contributed by atoms with Gasteiger partial charge in [-0.25, -0.2) is 4.79 Å². The van der Waals surface area contributed by atoms with Crippen molar-refractivity contribution in [2.75, 3.05) is 0 Å². The molecular formula is C15H10Cl3O4P. The van der Waals surface area contributed by atoms with Crippen LogP contribution in [0.25, 0.3) is 0 Å². The SMILES string of the molecule is O=C1O[C@@H](C(Cl)(Cl)Cl)[P@](=O)(c2ccccc2)Oc2ccccc21. The Balaban J connectivity index is 2.22. The Hall–Kier alpha value is -1.19. The van der Waals surface area contributed by atoms with Crippen molar-refractivity contribution in [3.63, 3.8) is 0 Å². The highest BCUT2D eigenvalue weighted by molar-refractivity contribution is 7.68. The summed E-state index contributed by atoms with van der Waals surface area (Å²) < 4.78 is 22.4. The van der Waals surface area contributed by atoms with Gasteiger partial charge in [-0.15, -0.1) is 0 Å². The molecule has 0 aromatic heterocycles. The van der Waals surface area contributed by atoms with Crippen molar-refractivity contribution in [3.8, 4) is 5.75 Å². The first-order chi connectivity index (χ1) is 10.8. The van der Waals surface area contributed by atoms with Crippen molar-refractivity contribution in [3.05, 3.63) is 60.2 Å². The predicted molar refractivity (Wildman–Crippen MR) is 90.2 cm³/mol. The number of alkyl halides is 3. The van der Waals surface area contributed by atoms with Crippen LogP contribution in [-0.4, -0.2) is 15.6 Å². The second-order valence-electron chi connectivity index (χ2n) is 4.82. The van der Waals surface area contributed by atoms with Gasteiger partial charge in [-0.1, -0.05) is 65.1 Å². The smallest absolute Gasteiger partial charge is 0.342 e. The molecule has 0 bridgehead atoms. The highest BCUT2D eigenvalue weighted by atomic mass is 35.6. The summed E-state index contributed by atoms with van der Waals surface area (Å²) >= 11 is 17.8. The van der Waals surface area contributed by atoms with E-state index in [9.17, 15) is 9.36 Å². The third kappa shape index (κ3) is 3.09. The van der Waals surface area contributed by atoms with Crippen LogP contribution in [-0.2, 0) is 9.30 Å². The lowest BCUT2D eigenvalue weighted by Gasteiger charge is -2.29. The molecule has 8 heteroatoms. The van der Waals surface area contributed by atoms with Gasteiger partial charge in [0, 0.05) is 0 Å². The number of hydrogen-bond donors (Lipinski definition) is 0. The maximum atomic E-state index is 13.6. The molecule has 1 aliphatic heterocycles. The van der Waals surface area contributed by atoms with Crippen molar-refractivity contribution in [2.24, 2.45) is 0 Å². The molecule has 3 rings (SSSR count). The zero-order valence-corrected chi connectivity index (χ0v) is 14.6. The zero-order chi connectivity index (χ0) is 16.7. The Morgan fingerprint density at radius 2 is 1.57 bits per heavy atom. The van der Waals surface area contributed by atoms with Crippen molar-refractivity contribution in [1.82, 2.24) is 0 Å². The molecule has 2 atom stereocenters. The van der Waals surface area contributed by atoms with E-state index < -0.39 is 23.0 Å². The second-order valence-corrected chi connectivity index (χ2v) is 9.55. The second kappa shape index (κ2) is 6.03. The van der Waals surface area contributed by atoms with Gasteiger partial charge in [-0.05, 0) is 24.3 Å². The molecule has 1 heterocycles. The first kappa shape index (κ1) is 16.7. The number of carbonyl (C=O) groups excluding carboxylic acids is 1. The van der Waals surface area contributed by atoms with Crippen LogP contribution in [0.1, 0.15) is 10.4 Å². The van der Waals surface area contributed by atoms with E-state index in [1.807, 2.05) is 0 Å². The van der Waals surface area contributed by atoms with Crippen LogP contribution in [0.2, 0.25) is 0 Å². The van der Waals surface area contributed by atoms with Crippen LogP contribution in [0.5, 0.6) is 5.75 Å². The fraction of sp³-hybridized carbons (Fsp3) is 0.133. The number of halogens is 3. The highest BCUT2D eigenvalue weighted by Crippen LogP contribution is 2.60. The number of rotatable bonds is 1. The lowest BCUT2D eigenvalue weighted by Crippen LogP contribution is -2.34. The van der Waals surface area contributed by atoms with Gasteiger partial charge in [0.15, 0.2) is 0 Å². The van der Waals surface area contributed by atoms with Crippen LogP contribution in [0.3, 0.4) is 0 Å². The summed E-state index contributed by atoms with van der Waals surface area (Å²) in [6.07, 6.45) is 0. The number of para-hydroxylation sites is 1. The highest BCUT2D eigenvalue weighted by Gasteiger charge is 2.54. The molecule has 4 nitrogen and oxygen atoms in total. The molecular weight excluding hydrogens is 381 g/mol. The topological polar surface area (TPSA) is 52.6 Å². The largest absolute Gasteiger partial charge is 0.442 e. The fourth-order valence-electron chi connectivity index (χ4n) is 2.23. The summed E-state index contributed by atoms with van der Waals surface area (Å²) in [6, 6.07) is 14.5. The zero-order valence-electron chi connectivity index (χ0n) is 11.5. The molecule has 0 amide bonds. The molecule has 0 fully saturated rings. The number of cyclic esters (lactones) is 1. The van der Waals surface area contributed by atoms with Crippen molar-refractivity contribution >= 4 is 53.4 Å². The van der Waals surface area contributed by atoms with Gasteiger partial charge < -0.3 is 9.26 Å². The number of benzene rings is 2. The van der Waals surface area contributed by atoms with Gasteiger partial charge in [0.25, 0.3) is 0 Å². The van der Waals surface area contributed by atoms with Crippen molar-refractivity contribution in [2.45, 2.75) is 9.64 Å². The van der Waals surface area contributed by atoms with E-state index in [2.05, 4.69) is 0 Å². The standard InChI is InChI=1S/C15H10Cl3O4P/c16-15(17,18)14-21-13(19)11-8-4-5-9-12(11)22-23(14,20)10-6-2-1-3-7-10/h1-9,14H/t14-,23+/m1/s1. The molecule has 0 N–H and O–H groups in total. The summed E-state index contributed by atoms with van der Waals surface area (Å²) in [5, 5.41) is 0.292. The van der Waals surface area contributed by atoms with Gasteiger partial charge in [0.05, 0.1) is 5.30 Å². The van der Waals surface area contributed by atoms with E-state index in [1.54, 1.807) is 42.5 Å². The average molecular weight is 392 g/mol. The summed E-state index contributed by atoms with van der Waals surface area (Å²) in [6.45, 7) is 0. The maximum Gasteiger partial charge on any atom is 0.342 e. The predicted octanol–water partition coefficient (Wildman–Crippen LogP) is 4.54. The monoisotopic (exact) mass is 390 g/mol. The van der Waals surface area contributed by atoms with E-state index >= 15 is 0 Å². The lowest BCUT2D eigenvalue weighted by molar-refractivity contribution is 0.0449. The van der Waals surface area contributed by atoms with Crippen LogP contribution >= 0.6 is 42.2 Å². The molecule has 1 aliphatic rings. The first-order valence-electron chi connectivity index (χ1n) is 6.54. The minimum absolute atomic E-state index is 0.125. The van der Waals surface area contributed by atoms with Gasteiger partial charge in [0.1, 0.15) is 11.3 Å². The van der Waals surface area contributed by atoms with E-state index in [0.717, 1.165) is 0 Å². The number of fused-ring (bicyclic) bond motifs is 1. The molecule has 0 unspecified atom stereocenters. The average Bonchev–Trinajstić information content (AvgIpc) is 2.64.